The smallest absolute Gasteiger partial charge is 0.255 e. The van der Waals surface area contributed by atoms with E-state index < -0.39 is 0 Å². The molecule has 2 aromatic heterocycles. The van der Waals surface area contributed by atoms with Gasteiger partial charge in [-0.25, -0.2) is 4.98 Å². The molecule has 0 spiro atoms. The van der Waals surface area contributed by atoms with E-state index in [1.165, 1.54) is 0 Å². The normalized spacial score (nSPS) is 10.4. The summed E-state index contributed by atoms with van der Waals surface area (Å²) in [7, 11) is 1.56. The van der Waals surface area contributed by atoms with Crippen molar-refractivity contribution in [2.75, 3.05) is 12.4 Å². The topological polar surface area (TPSA) is 91.2 Å². The maximum atomic E-state index is 12.4. The lowest BCUT2D eigenvalue weighted by Gasteiger charge is -2.08. The number of nitrogens with zero attached hydrogens (tertiary/aromatic N) is 4. The summed E-state index contributed by atoms with van der Waals surface area (Å²) >= 11 is 0. The molecule has 1 N–H and O–H groups in total. The summed E-state index contributed by atoms with van der Waals surface area (Å²) in [4.78, 5) is 16.3. The number of hydrogen-bond acceptors (Lipinski definition) is 6. The van der Waals surface area contributed by atoms with Gasteiger partial charge in [-0.1, -0.05) is 6.07 Å². The minimum absolute atomic E-state index is 0.224. The first-order valence-electron chi connectivity index (χ1n) is 8.77. The minimum atomic E-state index is -0.224. The maximum Gasteiger partial charge on any atom is 0.255 e. The van der Waals surface area contributed by atoms with Gasteiger partial charge in [-0.2, -0.15) is 0 Å². The number of methoxy groups -OCH3 is 1. The van der Waals surface area contributed by atoms with Gasteiger partial charge in [0.05, 0.1) is 7.11 Å². The second-order valence-electron chi connectivity index (χ2n) is 6.01. The van der Waals surface area contributed by atoms with Crippen molar-refractivity contribution < 1.29 is 14.3 Å². The average Bonchev–Trinajstić information content (AvgIpc) is 3.31. The van der Waals surface area contributed by atoms with Gasteiger partial charge in [-0.3, -0.25) is 9.36 Å². The van der Waals surface area contributed by atoms with Crippen molar-refractivity contribution in [3.63, 3.8) is 0 Å². The highest BCUT2D eigenvalue weighted by Crippen LogP contribution is 2.22. The van der Waals surface area contributed by atoms with Crippen LogP contribution in [0.1, 0.15) is 10.4 Å². The molecule has 0 aliphatic rings. The molecule has 4 aromatic rings. The van der Waals surface area contributed by atoms with E-state index in [4.69, 9.17) is 9.47 Å². The molecule has 0 fully saturated rings. The number of carbonyl (C=O) groups is 1. The third-order valence-electron chi connectivity index (χ3n) is 4.06. The molecule has 8 nitrogen and oxygen atoms in total. The van der Waals surface area contributed by atoms with E-state index >= 15 is 0 Å². The van der Waals surface area contributed by atoms with E-state index in [1.54, 1.807) is 91.1 Å². The minimum Gasteiger partial charge on any atom is -0.497 e. The Balaban J connectivity index is 1.39. The fraction of sp³-hybridized carbons (Fsp3) is 0.0476. The lowest BCUT2D eigenvalue weighted by Crippen LogP contribution is -2.11. The molecular weight excluding hydrogens is 370 g/mol. The number of rotatable bonds is 6. The second kappa shape index (κ2) is 8.22. The molecule has 8 heteroatoms. The van der Waals surface area contributed by atoms with E-state index in [1.807, 2.05) is 0 Å². The van der Waals surface area contributed by atoms with E-state index in [-0.39, 0.29) is 5.91 Å². The van der Waals surface area contributed by atoms with E-state index in [0.717, 1.165) is 0 Å². The lowest BCUT2D eigenvalue weighted by molar-refractivity contribution is 0.102. The number of hydrogen-bond donors (Lipinski definition) is 1. The zero-order valence-corrected chi connectivity index (χ0v) is 15.5. The van der Waals surface area contributed by atoms with Crippen LogP contribution in [-0.2, 0) is 0 Å². The number of carbonyl (C=O) groups excluding carboxylic acids is 1. The molecule has 0 saturated heterocycles. The van der Waals surface area contributed by atoms with Crippen molar-refractivity contribution in [1.82, 2.24) is 19.7 Å². The van der Waals surface area contributed by atoms with Crippen LogP contribution in [-0.4, -0.2) is 32.8 Å². The Bertz CT molecular complexity index is 1090. The number of amides is 1. The van der Waals surface area contributed by atoms with Gasteiger partial charge in [0, 0.05) is 29.7 Å². The number of aromatic nitrogens is 4. The van der Waals surface area contributed by atoms with Gasteiger partial charge in [0.1, 0.15) is 17.8 Å². The Labute approximate surface area is 166 Å². The first kappa shape index (κ1) is 18.2. The summed E-state index contributed by atoms with van der Waals surface area (Å²) in [5.41, 5.74) is 1.16. The van der Waals surface area contributed by atoms with Crippen LogP contribution in [0.4, 0.5) is 5.69 Å². The molecule has 29 heavy (non-hydrogen) atoms. The van der Waals surface area contributed by atoms with Crippen molar-refractivity contribution in [1.29, 1.82) is 0 Å². The maximum absolute atomic E-state index is 12.4. The molecule has 0 unspecified atom stereocenters. The van der Waals surface area contributed by atoms with Crippen LogP contribution >= 0.6 is 0 Å². The average molecular weight is 387 g/mol. The van der Waals surface area contributed by atoms with Crippen molar-refractivity contribution in [2.45, 2.75) is 0 Å². The Morgan fingerprint density at radius 2 is 1.86 bits per heavy atom. The van der Waals surface area contributed by atoms with Gasteiger partial charge in [-0.05, 0) is 48.5 Å². The fourth-order valence-electron chi connectivity index (χ4n) is 2.59. The third kappa shape index (κ3) is 4.38. The van der Waals surface area contributed by atoms with E-state index in [0.29, 0.717) is 34.4 Å². The van der Waals surface area contributed by atoms with Crippen LogP contribution in [0.25, 0.3) is 5.82 Å². The molecule has 2 aromatic carbocycles. The van der Waals surface area contributed by atoms with Gasteiger partial charge in [0.15, 0.2) is 5.82 Å². The molecule has 0 bridgehead atoms. The van der Waals surface area contributed by atoms with Crippen LogP contribution in [0.15, 0.2) is 79.4 Å². The zero-order chi connectivity index (χ0) is 20.1. The van der Waals surface area contributed by atoms with Gasteiger partial charge in [0.2, 0.25) is 5.88 Å². The molecule has 0 aliphatic carbocycles. The van der Waals surface area contributed by atoms with Crippen LogP contribution in [0.5, 0.6) is 17.4 Å². The van der Waals surface area contributed by atoms with Crippen LogP contribution in [0, 0.1) is 0 Å². The van der Waals surface area contributed by atoms with Crippen LogP contribution in [0.3, 0.4) is 0 Å². The summed E-state index contributed by atoms with van der Waals surface area (Å²) in [5, 5.41) is 11.0. The van der Waals surface area contributed by atoms with E-state index in [2.05, 4.69) is 20.5 Å². The predicted molar refractivity (Wildman–Crippen MR) is 107 cm³/mol. The highest BCUT2D eigenvalue weighted by atomic mass is 16.5. The molecule has 0 saturated carbocycles. The van der Waals surface area contributed by atoms with Gasteiger partial charge in [-0.15, -0.1) is 10.2 Å². The highest BCUT2D eigenvalue weighted by Gasteiger charge is 2.08. The number of nitrogens with one attached hydrogen (secondary N) is 1. The quantitative estimate of drug-likeness (QED) is 0.542. The largest absolute Gasteiger partial charge is 0.497 e. The van der Waals surface area contributed by atoms with Crippen LogP contribution in [0.2, 0.25) is 0 Å². The van der Waals surface area contributed by atoms with Crippen molar-refractivity contribution in [2.24, 2.45) is 0 Å². The molecule has 144 valence electrons. The Morgan fingerprint density at radius 1 is 1.00 bits per heavy atom. The summed E-state index contributed by atoms with van der Waals surface area (Å²) in [6, 6.07) is 17.5. The van der Waals surface area contributed by atoms with Crippen LogP contribution < -0.4 is 14.8 Å². The number of imidazole rings is 1. The third-order valence-corrected chi connectivity index (χ3v) is 4.06. The van der Waals surface area contributed by atoms with Crippen molar-refractivity contribution in [3.8, 4) is 23.2 Å². The molecule has 0 atom stereocenters. The Kier molecular flexibility index (Phi) is 5.15. The second-order valence-corrected chi connectivity index (χ2v) is 6.01. The van der Waals surface area contributed by atoms with Gasteiger partial charge >= 0.3 is 0 Å². The molecular formula is C21H17N5O3. The summed E-state index contributed by atoms with van der Waals surface area (Å²) in [6.07, 6.45) is 5.09. The standard InChI is InChI=1S/C21H17N5O3/c1-28-18-4-2-3-15(13-18)21(27)23-16-5-7-17(8-6-16)29-20-10-9-19(24-25-20)26-12-11-22-14-26/h2-14H,1H3,(H,23,27). The summed E-state index contributed by atoms with van der Waals surface area (Å²) in [5.74, 6) is 1.99. The molecule has 1 amide bonds. The Morgan fingerprint density at radius 3 is 2.55 bits per heavy atom. The monoisotopic (exact) mass is 387 g/mol. The first-order valence-corrected chi connectivity index (χ1v) is 8.77. The lowest BCUT2D eigenvalue weighted by atomic mass is 10.2. The molecule has 0 aliphatic heterocycles. The number of benzene rings is 2. The molecule has 0 radical (unpaired) electrons. The Hall–Kier alpha value is -4.20. The SMILES string of the molecule is COc1cccc(C(=O)Nc2ccc(Oc3ccc(-n4ccnc4)nn3)cc2)c1. The van der Waals surface area contributed by atoms with E-state index in [9.17, 15) is 4.79 Å². The molecule has 2 heterocycles. The molecule has 4 rings (SSSR count). The van der Waals surface area contributed by atoms with Crippen molar-refractivity contribution >= 4 is 11.6 Å². The number of ether oxygens (including phenoxy) is 2. The summed E-state index contributed by atoms with van der Waals surface area (Å²) < 4.78 is 12.6. The summed E-state index contributed by atoms with van der Waals surface area (Å²) in [6.45, 7) is 0. The van der Waals surface area contributed by atoms with Gasteiger partial charge < -0.3 is 14.8 Å². The zero-order valence-electron chi connectivity index (χ0n) is 15.5. The first-order chi connectivity index (χ1) is 14.2. The predicted octanol–water partition coefficient (Wildman–Crippen LogP) is 3.72. The van der Waals surface area contributed by atoms with Crippen molar-refractivity contribution in [3.05, 3.63) is 84.9 Å². The van der Waals surface area contributed by atoms with Gasteiger partial charge in [0.25, 0.3) is 5.91 Å². The highest BCUT2D eigenvalue weighted by molar-refractivity contribution is 6.04. The fourth-order valence-corrected chi connectivity index (χ4v) is 2.59. The number of anilines is 1.